The lowest BCUT2D eigenvalue weighted by Gasteiger charge is -2.23. The van der Waals surface area contributed by atoms with Crippen LogP contribution in [-0.4, -0.2) is 62.8 Å². The van der Waals surface area contributed by atoms with Gasteiger partial charge in [-0.2, -0.15) is 0 Å². The zero-order valence-electron chi connectivity index (χ0n) is 20.4. The van der Waals surface area contributed by atoms with Crippen LogP contribution in [0.2, 0.25) is 0 Å². The van der Waals surface area contributed by atoms with E-state index in [4.69, 9.17) is 9.47 Å². The smallest absolute Gasteiger partial charge is 0.261 e. The number of aryl methyl sites for hydroxylation is 1. The van der Waals surface area contributed by atoms with Gasteiger partial charge in [-0.05, 0) is 63.8 Å². The predicted molar refractivity (Wildman–Crippen MR) is 136 cm³/mol. The van der Waals surface area contributed by atoms with E-state index < -0.39 is 0 Å². The molecule has 0 spiro atoms. The lowest BCUT2D eigenvalue weighted by Crippen LogP contribution is -2.42. The Labute approximate surface area is 203 Å². The number of nitrogens with zero attached hydrogens (tertiary/aromatic N) is 2. The summed E-state index contributed by atoms with van der Waals surface area (Å²) in [7, 11) is 8.99. The maximum absolute atomic E-state index is 13.0. The number of ether oxygens (including phenoxy) is 2. The number of hydrogen-bond acceptors (Lipinski definition) is 7. The molecule has 0 saturated carbocycles. The zero-order valence-corrected chi connectivity index (χ0v) is 21.2. The Bertz CT molecular complexity index is 1230. The summed E-state index contributed by atoms with van der Waals surface area (Å²) in [6.07, 6.45) is 3.63. The summed E-state index contributed by atoms with van der Waals surface area (Å²) in [5.74, 6) is 1.30. The summed E-state index contributed by atoms with van der Waals surface area (Å²) >= 11 is 1.35. The van der Waals surface area contributed by atoms with Gasteiger partial charge in [-0.3, -0.25) is 9.59 Å². The van der Waals surface area contributed by atoms with E-state index in [1.54, 1.807) is 31.9 Å². The molecule has 1 amide bonds. The Hall–Kier alpha value is -2.88. The van der Waals surface area contributed by atoms with Crippen LogP contribution in [-0.2, 0) is 13.6 Å². The molecule has 3 aromatic rings. The molecule has 8 nitrogen and oxygen atoms in total. The average Bonchev–Trinajstić information content (AvgIpc) is 3.28. The van der Waals surface area contributed by atoms with Gasteiger partial charge >= 0.3 is 0 Å². The van der Waals surface area contributed by atoms with Crippen LogP contribution >= 0.6 is 11.3 Å². The van der Waals surface area contributed by atoms with Crippen molar-refractivity contribution in [1.82, 2.24) is 20.1 Å². The van der Waals surface area contributed by atoms with Gasteiger partial charge in [-0.15, -0.1) is 11.3 Å². The Morgan fingerprint density at radius 2 is 1.82 bits per heavy atom. The maximum atomic E-state index is 13.0. The van der Waals surface area contributed by atoms with Gasteiger partial charge in [0.15, 0.2) is 0 Å². The molecule has 182 valence electrons. The van der Waals surface area contributed by atoms with E-state index >= 15 is 0 Å². The third-order valence-electron chi connectivity index (χ3n) is 6.14. The molecule has 0 bridgehead atoms. The largest absolute Gasteiger partial charge is 0.496 e. The van der Waals surface area contributed by atoms with Crippen LogP contribution in [0.3, 0.4) is 0 Å². The number of pyridine rings is 1. The summed E-state index contributed by atoms with van der Waals surface area (Å²) in [5.41, 5.74) is 2.55. The van der Waals surface area contributed by atoms with Crippen LogP contribution in [0.15, 0.2) is 29.2 Å². The molecule has 1 aliphatic heterocycles. The van der Waals surface area contributed by atoms with Gasteiger partial charge in [0, 0.05) is 36.1 Å². The number of aromatic nitrogens is 1. The van der Waals surface area contributed by atoms with Crippen LogP contribution in [0.25, 0.3) is 21.2 Å². The summed E-state index contributed by atoms with van der Waals surface area (Å²) in [6.45, 7) is 2.46. The number of rotatable bonds is 7. The molecule has 1 fully saturated rings. The molecule has 1 aromatic carbocycles. The highest BCUT2D eigenvalue weighted by atomic mass is 32.1. The molecule has 1 saturated heterocycles. The second-order valence-corrected chi connectivity index (χ2v) is 9.96. The van der Waals surface area contributed by atoms with Gasteiger partial charge in [0.2, 0.25) is 0 Å². The van der Waals surface area contributed by atoms with Crippen LogP contribution < -0.4 is 25.7 Å². The SMILES string of the molecule is COc1cc(-c2cn(C)c(=O)c3cc(C(=O)NC4CCNCC4)sc23)cc(OC)c1CN(C)C. The number of benzene rings is 1. The minimum absolute atomic E-state index is 0.126. The number of hydrogen-bond donors (Lipinski definition) is 2. The van der Waals surface area contributed by atoms with E-state index in [-0.39, 0.29) is 17.5 Å². The third kappa shape index (κ3) is 4.82. The van der Waals surface area contributed by atoms with Crippen molar-refractivity contribution in [3.63, 3.8) is 0 Å². The molecular weight excluding hydrogens is 452 g/mol. The van der Waals surface area contributed by atoms with Crippen molar-refractivity contribution in [3.8, 4) is 22.6 Å². The molecule has 0 atom stereocenters. The summed E-state index contributed by atoms with van der Waals surface area (Å²) in [5, 5.41) is 6.97. The summed E-state index contributed by atoms with van der Waals surface area (Å²) in [6, 6.07) is 5.81. The first-order valence-electron chi connectivity index (χ1n) is 11.4. The fourth-order valence-electron chi connectivity index (χ4n) is 4.40. The molecular formula is C25H32N4O4S. The Morgan fingerprint density at radius 3 is 2.41 bits per heavy atom. The van der Waals surface area contributed by atoms with Crippen LogP contribution in [0.1, 0.15) is 28.1 Å². The lowest BCUT2D eigenvalue weighted by molar-refractivity contribution is 0.0933. The monoisotopic (exact) mass is 484 g/mol. The quantitative estimate of drug-likeness (QED) is 0.537. The van der Waals surface area contributed by atoms with Gasteiger partial charge in [0.1, 0.15) is 11.5 Å². The minimum atomic E-state index is -0.127. The number of thiophene rings is 1. The number of nitrogens with one attached hydrogen (secondary N) is 2. The Balaban J connectivity index is 1.80. The first kappa shape index (κ1) is 24.3. The van der Waals surface area contributed by atoms with Crippen molar-refractivity contribution in [3.05, 3.63) is 45.2 Å². The second kappa shape index (κ2) is 10.2. The highest BCUT2D eigenvalue weighted by molar-refractivity contribution is 7.21. The van der Waals surface area contributed by atoms with Crippen molar-refractivity contribution in [2.45, 2.75) is 25.4 Å². The minimum Gasteiger partial charge on any atom is -0.496 e. The van der Waals surface area contributed by atoms with Gasteiger partial charge in [0.25, 0.3) is 11.5 Å². The molecule has 1 aliphatic rings. The van der Waals surface area contributed by atoms with Crippen molar-refractivity contribution in [2.75, 3.05) is 41.4 Å². The number of fused-ring (bicyclic) bond motifs is 1. The van der Waals surface area contributed by atoms with Gasteiger partial charge in [-0.1, -0.05) is 0 Å². The first-order chi connectivity index (χ1) is 16.3. The van der Waals surface area contributed by atoms with E-state index in [0.29, 0.717) is 28.3 Å². The third-order valence-corrected chi connectivity index (χ3v) is 7.31. The Morgan fingerprint density at radius 1 is 1.18 bits per heavy atom. The van der Waals surface area contributed by atoms with Gasteiger partial charge < -0.3 is 29.6 Å². The number of methoxy groups -OCH3 is 2. The highest BCUT2D eigenvalue weighted by Gasteiger charge is 2.22. The van der Waals surface area contributed by atoms with Crippen molar-refractivity contribution < 1.29 is 14.3 Å². The van der Waals surface area contributed by atoms with Gasteiger partial charge in [0.05, 0.1) is 30.0 Å². The van der Waals surface area contributed by atoms with Crippen molar-refractivity contribution in [1.29, 1.82) is 0 Å². The molecule has 9 heteroatoms. The first-order valence-corrected chi connectivity index (χ1v) is 12.2. The second-order valence-electron chi connectivity index (χ2n) is 8.91. The van der Waals surface area contributed by atoms with Gasteiger partial charge in [-0.25, -0.2) is 0 Å². The normalized spacial score (nSPS) is 14.5. The number of piperidine rings is 1. The van der Waals surface area contributed by atoms with E-state index in [1.165, 1.54) is 11.3 Å². The van der Waals surface area contributed by atoms with Crippen LogP contribution in [0, 0.1) is 0 Å². The fourth-order valence-corrected chi connectivity index (χ4v) is 5.49. The average molecular weight is 485 g/mol. The molecule has 2 N–H and O–H groups in total. The van der Waals surface area contributed by atoms with Crippen LogP contribution in [0.4, 0.5) is 0 Å². The molecule has 0 radical (unpaired) electrons. The zero-order chi connectivity index (χ0) is 24.4. The van der Waals surface area contributed by atoms with E-state index in [2.05, 4.69) is 15.5 Å². The highest BCUT2D eigenvalue weighted by Crippen LogP contribution is 2.39. The molecule has 0 unspecified atom stereocenters. The topological polar surface area (TPSA) is 84.8 Å². The fraction of sp³-hybridized carbons (Fsp3) is 0.440. The van der Waals surface area contributed by atoms with Crippen LogP contribution in [0.5, 0.6) is 11.5 Å². The number of carbonyl (C=O) groups is 1. The Kier molecular flexibility index (Phi) is 7.25. The van der Waals surface area contributed by atoms with Crippen molar-refractivity contribution in [2.24, 2.45) is 7.05 Å². The van der Waals surface area contributed by atoms with E-state index in [9.17, 15) is 9.59 Å². The summed E-state index contributed by atoms with van der Waals surface area (Å²) < 4.78 is 13.7. The molecule has 0 aliphatic carbocycles. The van der Waals surface area contributed by atoms with Crippen molar-refractivity contribution >= 4 is 27.3 Å². The molecule has 34 heavy (non-hydrogen) atoms. The molecule has 4 rings (SSSR count). The summed E-state index contributed by atoms with van der Waals surface area (Å²) in [4.78, 5) is 28.5. The number of amides is 1. The lowest BCUT2D eigenvalue weighted by atomic mass is 10.0. The standard InChI is InChI=1S/C25H32N4O4S/c1-28(2)13-19-20(32-4)10-15(11-21(19)33-5)18-14-29(3)25(31)17-12-22(34-23(17)18)24(30)27-16-6-8-26-9-7-16/h10-12,14,16,26H,6-9,13H2,1-5H3,(H,27,30). The maximum Gasteiger partial charge on any atom is 0.261 e. The van der Waals surface area contributed by atoms with E-state index in [0.717, 1.165) is 47.3 Å². The molecule has 3 heterocycles. The molecule has 2 aromatic heterocycles. The number of carbonyl (C=O) groups excluding carboxylic acids is 1. The predicted octanol–water partition coefficient (Wildman–Crippen LogP) is 2.83. The van der Waals surface area contributed by atoms with E-state index in [1.807, 2.05) is 32.4 Å².